The van der Waals surface area contributed by atoms with Crippen molar-refractivity contribution in [1.82, 2.24) is 4.37 Å². The van der Waals surface area contributed by atoms with E-state index in [9.17, 15) is 4.79 Å². The fourth-order valence-electron chi connectivity index (χ4n) is 0.865. The second-order valence-corrected chi connectivity index (χ2v) is 3.02. The van der Waals surface area contributed by atoms with Crippen LogP contribution in [0.5, 0.6) is 0 Å². The predicted octanol–water partition coefficient (Wildman–Crippen LogP) is 1.60. The Balaban J connectivity index is 2.91. The van der Waals surface area contributed by atoms with Gasteiger partial charge in [0, 0.05) is 12.4 Å². The maximum Gasteiger partial charge on any atom is 0.250 e. The van der Waals surface area contributed by atoms with Crippen LogP contribution < -0.4 is 4.90 Å². The Bertz CT molecular complexity index is 306. The Morgan fingerprint density at radius 3 is 2.92 bits per heavy atom. The Hall–Kier alpha value is -1.16. The van der Waals surface area contributed by atoms with Crippen LogP contribution in [0.1, 0.15) is 5.69 Å². The number of hydrogen-bond acceptors (Lipinski definition) is 3. The van der Waals surface area contributed by atoms with Crippen LogP contribution in [0, 0.1) is 6.92 Å². The van der Waals surface area contributed by atoms with Crippen molar-refractivity contribution in [3.05, 3.63) is 23.7 Å². The van der Waals surface area contributed by atoms with Gasteiger partial charge in [0.05, 0.1) is 11.4 Å². The molecule has 1 aromatic heterocycles. The highest BCUT2D eigenvalue weighted by molar-refractivity contribution is 7.04. The van der Waals surface area contributed by atoms with Crippen LogP contribution in [0.2, 0.25) is 0 Å². The predicted molar refractivity (Wildman–Crippen MR) is 50.5 cm³/mol. The van der Waals surface area contributed by atoms with E-state index in [1.807, 2.05) is 12.3 Å². The molecule has 0 N–H and O–H groups in total. The van der Waals surface area contributed by atoms with Crippen LogP contribution in [0.3, 0.4) is 0 Å². The number of rotatable bonds is 2. The lowest BCUT2D eigenvalue weighted by atomic mass is 10.3. The summed E-state index contributed by atoms with van der Waals surface area (Å²) < 4.78 is 4.07. The summed E-state index contributed by atoms with van der Waals surface area (Å²) in [5.74, 6) is -0.113. The van der Waals surface area contributed by atoms with Crippen molar-refractivity contribution in [3.63, 3.8) is 0 Å². The SMILES string of the molecule is C=CC(=O)N(C)c1csnc1C. The molecule has 12 heavy (non-hydrogen) atoms. The maximum atomic E-state index is 11.1. The summed E-state index contributed by atoms with van der Waals surface area (Å²) in [4.78, 5) is 12.7. The van der Waals surface area contributed by atoms with E-state index in [1.165, 1.54) is 22.5 Å². The highest BCUT2D eigenvalue weighted by Crippen LogP contribution is 2.19. The van der Waals surface area contributed by atoms with Crippen LogP contribution in [-0.2, 0) is 4.79 Å². The van der Waals surface area contributed by atoms with Crippen LogP contribution in [0.4, 0.5) is 5.69 Å². The number of carbonyl (C=O) groups excluding carboxylic acids is 1. The van der Waals surface area contributed by atoms with Crippen molar-refractivity contribution in [1.29, 1.82) is 0 Å². The Morgan fingerprint density at radius 2 is 2.50 bits per heavy atom. The summed E-state index contributed by atoms with van der Waals surface area (Å²) in [5, 5.41) is 1.84. The van der Waals surface area contributed by atoms with Crippen LogP contribution in [0.15, 0.2) is 18.0 Å². The lowest BCUT2D eigenvalue weighted by molar-refractivity contribution is -0.113. The number of amides is 1. The van der Waals surface area contributed by atoms with Gasteiger partial charge in [0.1, 0.15) is 0 Å². The summed E-state index contributed by atoms with van der Waals surface area (Å²) >= 11 is 1.34. The molecule has 0 aliphatic rings. The van der Waals surface area contributed by atoms with E-state index in [1.54, 1.807) is 7.05 Å². The molecule has 0 saturated heterocycles. The molecule has 0 spiro atoms. The molecular weight excluding hydrogens is 172 g/mol. The fourth-order valence-corrected chi connectivity index (χ4v) is 1.60. The van der Waals surface area contributed by atoms with Gasteiger partial charge in [-0.3, -0.25) is 4.79 Å². The first kappa shape index (κ1) is 8.93. The van der Waals surface area contributed by atoms with Crippen molar-refractivity contribution < 1.29 is 4.79 Å². The minimum atomic E-state index is -0.113. The number of likely N-dealkylation sites (N-methyl/N-ethyl adjacent to an activating group) is 1. The second-order valence-electron chi connectivity index (χ2n) is 2.39. The molecule has 1 amide bonds. The minimum absolute atomic E-state index is 0.113. The van der Waals surface area contributed by atoms with Crippen molar-refractivity contribution in [3.8, 4) is 0 Å². The van der Waals surface area contributed by atoms with E-state index < -0.39 is 0 Å². The molecule has 0 bridgehead atoms. The highest BCUT2D eigenvalue weighted by atomic mass is 32.1. The van der Waals surface area contributed by atoms with Crippen molar-refractivity contribution >= 4 is 23.1 Å². The van der Waals surface area contributed by atoms with Gasteiger partial charge in [0.15, 0.2) is 0 Å². The van der Waals surface area contributed by atoms with E-state index in [2.05, 4.69) is 11.0 Å². The molecule has 3 nitrogen and oxygen atoms in total. The molecular formula is C8H10N2OS. The summed E-state index contributed by atoms with van der Waals surface area (Å²) in [5.41, 5.74) is 1.72. The third kappa shape index (κ3) is 1.53. The first-order valence-corrected chi connectivity index (χ1v) is 4.31. The van der Waals surface area contributed by atoms with Gasteiger partial charge >= 0.3 is 0 Å². The normalized spacial score (nSPS) is 9.50. The first-order valence-electron chi connectivity index (χ1n) is 3.48. The van der Waals surface area contributed by atoms with Crippen LogP contribution >= 0.6 is 11.5 Å². The molecule has 0 aromatic carbocycles. The molecule has 0 aliphatic heterocycles. The van der Waals surface area contributed by atoms with Gasteiger partial charge in [-0.05, 0) is 24.5 Å². The first-order chi connectivity index (χ1) is 5.66. The second kappa shape index (κ2) is 3.49. The molecule has 1 rings (SSSR count). The summed E-state index contributed by atoms with van der Waals surface area (Å²) in [6.45, 7) is 5.29. The number of aryl methyl sites for hydroxylation is 1. The molecule has 0 aliphatic carbocycles. The summed E-state index contributed by atoms with van der Waals surface area (Å²) in [6, 6.07) is 0. The Kier molecular flexibility index (Phi) is 2.60. The topological polar surface area (TPSA) is 33.2 Å². The molecule has 4 heteroatoms. The number of aromatic nitrogens is 1. The maximum absolute atomic E-state index is 11.1. The standard InChI is InChI=1S/C8H10N2OS/c1-4-8(11)10(3)7-5-12-9-6(7)2/h4-5H,1H2,2-3H3. The Morgan fingerprint density at radius 1 is 1.83 bits per heavy atom. The molecule has 64 valence electrons. The van der Waals surface area contributed by atoms with E-state index in [4.69, 9.17) is 0 Å². The molecule has 0 saturated carbocycles. The third-order valence-electron chi connectivity index (χ3n) is 1.59. The van der Waals surface area contributed by atoms with Gasteiger partial charge in [-0.1, -0.05) is 6.58 Å². The smallest absolute Gasteiger partial charge is 0.250 e. The molecule has 1 aromatic rings. The average Bonchev–Trinajstić information content (AvgIpc) is 2.48. The van der Waals surface area contributed by atoms with Gasteiger partial charge in [-0.15, -0.1) is 0 Å². The van der Waals surface area contributed by atoms with E-state index in [0.717, 1.165) is 11.4 Å². The monoisotopic (exact) mass is 182 g/mol. The average molecular weight is 182 g/mol. The number of anilines is 1. The van der Waals surface area contributed by atoms with Gasteiger partial charge < -0.3 is 4.90 Å². The number of hydrogen-bond donors (Lipinski definition) is 0. The van der Waals surface area contributed by atoms with Gasteiger partial charge in [0.25, 0.3) is 0 Å². The van der Waals surface area contributed by atoms with E-state index in [-0.39, 0.29) is 5.91 Å². The molecule has 0 unspecified atom stereocenters. The molecule has 0 fully saturated rings. The largest absolute Gasteiger partial charge is 0.309 e. The van der Waals surface area contributed by atoms with Crippen molar-refractivity contribution in [2.24, 2.45) is 0 Å². The van der Waals surface area contributed by atoms with E-state index >= 15 is 0 Å². The zero-order chi connectivity index (χ0) is 9.14. The van der Waals surface area contributed by atoms with E-state index in [0.29, 0.717) is 0 Å². The minimum Gasteiger partial charge on any atom is -0.309 e. The lowest BCUT2D eigenvalue weighted by Crippen LogP contribution is -2.23. The number of carbonyl (C=O) groups is 1. The zero-order valence-electron chi connectivity index (χ0n) is 7.07. The lowest BCUT2D eigenvalue weighted by Gasteiger charge is -2.12. The van der Waals surface area contributed by atoms with Crippen molar-refractivity contribution in [2.75, 3.05) is 11.9 Å². The third-order valence-corrected chi connectivity index (χ3v) is 2.30. The fraction of sp³-hybridized carbons (Fsp3) is 0.250. The van der Waals surface area contributed by atoms with Crippen molar-refractivity contribution in [2.45, 2.75) is 6.92 Å². The molecule has 0 radical (unpaired) electrons. The molecule has 1 heterocycles. The Labute approximate surface area is 75.5 Å². The highest BCUT2D eigenvalue weighted by Gasteiger charge is 2.10. The summed E-state index contributed by atoms with van der Waals surface area (Å²) in [7, 11) is 1.71. The van der Waals surface area contributed by atoms with Crippen LogP contribution in [-0.4, -0.2) is 17.3 Å². The van der Waals surface area contributed by atoms with Gasteiger partial charge in [-0.2, -0.15) is 4.37 Å². The zero-order valence-corrected chi connectivity index (χ0v) is 7.89. The van der Waals surface area contributed by atoms with Gasteiger partial charge in [0.2, 0.25) is 5.91 Å². The van der Waals surface area contributed by atoms with Crippen LogP contribution in [0.25, 0.3) is 0 Å². The van der Waals surface area contributed by atoms with Gasteiger partial charge in [-0.25, -0.2) is 0 Å². The summed E-state index contributed by atoms with van der Waals surface area (Å²) in [6.07, 6.45) is 1.29. The quantitative estimate of drug-likeness (QED) is 0.651. The molecule has 0 atom stereocenters. The number of nitrogens with zero attached hydrogens (tertiary/aromatic N) is 2.